The Bertz CT molecular complexity index is 569. The molecule has 0 bridgehead atoms. The fourth-order valence-electron chi connectivity index (χ4n) is 1.66. The standard InChI is InChI=1S/C14H15ClN2O2S/c1-19-11-4-2-10(3-5-11)8-12-9-16-14(20-12)17-13(18)6-7-15/h2-5,9H,6-8H2,1H3,(H,16,17,18). The predicted octanol–water partition coefficient (Wildman–Crippen LogP) is 3.31. The Morgan fingerprint density at radius 1 is 1.40 bits per heavy atom. The second kappa shape index (κ2) is 7.26. The second-order valence-corrected chi connectivity index (χ2v) is 5.64. The summed E-state index contributed by atoms with van der Waals surface area (Å²) in [6.07, 6.45) is 2.87. The Hall–Kier alpha value is -1.59. The van der Waals surface area contributed by atoms with Gasteiger partial charge in [0.2, 0.25) is 5.91 Å². The minimum atomic E-state index is -0.106. The Labute approximate surface area is 126 Å². The van der Waals surface area contributed by atoms with Gasteiger partial charge in [0.1, 0.15) is 5.75 Å². The van der Waals surface area contributed by atoms with Crippen molar-refractivity contribution in [1.29, 1.82) is 0 Å². The van der Waals surface area contributed by atoms with Gasteiger partial charge >= 0.3 is 0 Å². The minimum absolute atomic E-state index is 0.106. The van der Waals surface area contributed by atoms with Gasteiger partial charge in [-0.05, 0) is 17.7 Å². The van der Waals surface area contributed by atoms with E-state index >= 15 is 0 Å². The van der Waals surface area contributed by atoms with Crippen LogP contribution in [-0.4, -0.2) is 23.9 Å². The van der Waals surface area contributed by atoms with Crippen molar-refractivity contribution in [3.63, 3.8) is 0 Å². The molecule has 0 fully saturated rings. The van der Waals surface area contributed by atoms with Crippen LogP contribution < -0.4 is 10.1 Å². The predicted molar refractivity (Wildman–Crippen MR) is 81.9 cm³/mol. The first kappa shape index (κ1) is 14.8. The first-order valence-electron chi connectivity index (χ1n) is 6.14. The highest BCUT2D eigenvalue weighted by molar-refractivity contribution is 7.15. The first-order chi connectivity index (χ1) is 9.71. The zero-order valence-corrected chi connectivity index (χ0v) is 12.6. The number of carbonyl (C=O) groups excluding carboxylic acids is 1. The molecule has 1 aromatic heterocycles. The number of carbonyl (C=O) groups is 1. The van der Waals surface area contributed by atoms with E-state index < -0.39 is 0 Å². The maximum Gasteiger partial charge on any atom is 0.227 e. The third-order valence-corrected chi connectivity index (χ3v) is 3.76. The van der Waals surface area contributed by atoms with Gasteiger partial charge in [-0.1, -0.05) is 12.1 Å². The molecule has 0 saturated carbocycles. The summed E-state index contributed by atoms with van der Waals surface area (Å²) >= 11 is 6.99. The number of ether oxygens (including phenoxy) is 1. The quantitative estimate of drug-likeness (QED) is 0.833. The molecule has 0 atom stereocenters. The van der Waals surface area contributed by atoms with Crippen molar-refractivity contribution in [2.45, 2.75) is 12.8 Å². The number of nitrogens with zero attached hydrogens (tertiary/aromatic N) is 1. The number of nitrogens with one attached hydrogen (secondary N) is 1. The fourth-order valence-corrected chi connectivity index (χ4v) is 2.69. The number of thiazole rings is 1. The van der Waals surface area contributed by atoms with E-state index in [1.165, 1.54) is 16.9 Å². The summed E-state index contributed by atoms with van der Waals surface area (Å²) in [5.41, 5.74) is 1.17. The summed E-state index contributed by atoms with van der Waals surface area (Å²) in [6.45, 7) is 0. The van der Waals surface area contributed by atoms with Crippen molar-refractivity contribution in [3.05, 3.63) is 40.9 Å². The van der Waals surface area contributed by atoms with Crippen LogP contribution in [0, 0.1) is 0 Å². The van der Waals surface area contributed by atoms with Gasteiger partial charge in [0.15, 0.2) is 5.13 Å². The summed E-state index contributed by atoms with van der Waals surface area (Å²) < 4.78 is 5.12. The molecule has 0 aliphatic rings. The van der Waals surface area contributed by atoms with E-state index in [4.69, 9.17) is 16.3 Å². The molecule has 106 valence electrons. The zero-order chi connectivity index (χ0) is 14.4. The van der Waals surface area contributed by atoms with E-state index in [2.05, 4.69) is 10.3 Å². The number of benzene rings is 1. The average molecular weight is 311 g/mol. The van der Waals surface area contributed by atoms with Crippen LogP contribution in [-0.2, 0) is 11.2 Å². The molecule has 20 heavy (non-hydrogen) atoms. The normalized spacial score (nSPS) is 10.3. The number of halogens is 1. The highest BCUT2D eigenvalue weighted by Crippen LogP contribution is 2.22. The number of hydrogen-bond donors (Lipinski definition) is 1. The molecule has 0 aliphatic heterocycles. The molecule has 0 spiro atoms. The topological polar surface area (TPSA) is 51.2 Å². The van der Waals surface area contributed by atoms with Crippen LogP contribution in [0.4, 0.5) is 5.13 Å². The maximum atomic E-state index is 11.4. The highest BCUT2D eigenvalue weighted by atomic mass is 35.5. The number of amides is 1. The van der Waals surface area contributed by atoms with E-state index in [-0.39, 0.29) is 5.91 Å². The van der Waals surface area contributed by atoms with Crippen molar-refractivity contribution in [2.24, 2.45) is 0 Å². The lowest BCUT2D eigenvalue weighted by Gasteiger charge is -2.01. The summed E-state index contributed by atoms with van der Waals surface area (Å²) in [6, 6.07) is 7.90. The Morgan fingerprint density at radius 2 is 2.15 bits per heavy atom. The maximum absolute atomic E-state index is 11.4. The monoisotopic (exact) mass is 310 g/mol. The van der Waals surface area contributed by atoms with Crippen molar-refractivity contribution in [2.75, 3.05) is 18.3 Å². The van der Waals surface area contributed by atoms with Gasteiger partial charge in [0.25, 0.3) is 0 Å². The number of aromatic nitrogens is 1. The van der Waals surface area contributed by atoms with Gasteiger partial charge in [-0.15, -0.1) is 22.9 Å². The van der Waals surface area contributed by atoms with Crippen molar-refractivity contribution < 1.29 is 9.53 Å². The van der Waals surface area contributed by atoms with Crippen molar-refractivity contribution in [1.82, 2.24) is 4.98 Å². The van der Waals surface area contributed by atoms with E-state index in [0.717, 1.165) is 17.0 Å². The second-order valence-electron chi connectivity index (χ2n) is 4.14. The number of methoxy groups -OCH3 is 1. The first-order valence-corrected chi connectivity index (χ1v) is 7.50. The third kappa shape index (κ3) is 4.21. The molecule has 1 aromatic carbocycles. The number of rotatable bonds is 6. The molecular formula is C14H15ClN2O2S. The van der Waals surface area contributed by atoms with E-state index in [0.29, 0.717) is 17.4 Å². The molecule has 1 N–H and O–H groups in total. The molecule has 0 radical (unpaired) electrons. The molecule has 1 amide bonds. The molecule has 2 rings (SSSR count). The molecule has 0 unspecified atom stereocenters. The molecule has 6 heteroatoms. The van der Waals surface area contributed by atoms with Gasteiger partial charge in [-0.3, -0.25) is 4.79 Å². The minimum Gasteiger partial charge on any atom is -0.497 e. The number of hydrogen-bond acceptors (Lipinski definition) is 4. The molecular weight excluding hydrogens is 296 g/mol. The Balaban J connectivity index is 1.96. The van der Waals surface area contributed by atoms with Crippen LogP contribution in [0.3, 0.4) is 0 Å². The van der Waals surface area contributed by atoms with Crippen LogP contribution in [0.1, 0.15) is 16.9 Å². The average Bonchev–Trinajstić information content (AvgIpc) is 2.87. The van der Waals surface area contributed by atoms with Crippen LogP contribution in [0.15, 0.2) is 30.5 Å². The molecule has 4 nitrogen and oxygen atoms in total. The van der Waals surface area contributed by atoms with Crippen LogP contribution >= 0.6 is 22.9 Å². The smallest absolute Gasteiger partial charge is 0.227 e. The molecule has 0 aliphatic carbocycles. The van der Waals surface area contributed by atoms with Crippen LogP contribution in [0.5, 0.6) is 5.75 Å². The number of alkyl halides is 1. The lowest BCUT2D eigenvalue weighted by Crippen LogP contribution is -2.11. The fraction of sp³-hybridized carbons (Fsp3) is 0.286. The van der Waals surface area contributed by atoms with Gasteiger partial charge < -0.3 is 10.1 Å². The number of anilines is 1. The SMILES string of the molecule is COc1ccc(Cc2cnc(NC(=O)CCCl)s2)cc1. The summed E-state index contributed by atoms with van der Waals surface area (Å²) in [5.74, 6) is 1.05. The summed E-state index contributed by atoms with van der Waals surface area (Å²) in [5, 5.41) is 3.35. The third-order valence-electron chi connectivity index (χ3n) is 2.66. The highest BCUT2D eigenvalue weighted by Gasteiger charge is 2.07. The zero-order valence-electron chi connectivity index (χ0n) is 11.1. The largest absolute Gasteiger partial charge is 0.497 e. The lowest BCUT2D eigenvalue weighted by molar-refractivity contribution is -0.115. The van der Waals surface area contributed by atoms with Gasteiger partial charge in [0, 0.05) is 29.8 Å². The van der Waals surface area contributed by atoms with E-state index in [1.54, 1.807) is 13.3 Å². The lowest BCUT2D eigenvalue weighted by atomic mass is 10.1. The Morgan fingerprint density at radius 3 is 2.80 bits per heavy atom. The summed E-state index contributed by atoms with van der Waals surface area (Å²) in [4.78, 5) is 16.7. The molecule has 2 aromatic rings. The molecule has 0 saturated heterocycles. The van der Waals surface area contributed by atoms with Crippen molar-refractivity contribution >= 4 is 34.0 Å². The van der Waals surface area contributed by atoms with Crippen LogP contribution in [0.25, 0.3) is 0 Å². The summed E-state index contributed by atoms with van der Waals surface area (Å²) in [7, 11) is 1.65. The molecule has 1 heterocycles. The Kier molecular flexibility index (Phi) is 5.38. The van der Waals surface area contributed by atoms with E-state index in [1.807, 2.05) is 24.3 Å². The van der Waals surface area contributed by atoms with Crippen molar-refractivity contribution in [3.8, 4) is 5.75 Å². The van der Waals surface area contributed by atoms with Crippen LogP contribution in [0.2, 0.25) is 0 Å². The van der Waals surface area contributed by atoms with E-state index in [9.17, 15) is 4.79 Å². The van der Waals surface area contributed by atoms with Gasteiger partial charge in [-0.25, -0.2) is 4.98 Å². The van der Waals surface area contributed by atoms with Gasteiger partial charge in [0.05, 0.1) is 7.11 Å². The van der Waals surface area contributed by atoms with Gasteiger partial charge in [-0.2, -0.15) is 0 Å².